The summed E-state index contributed by atoms with van der Waals surface area (Å²) in [5.41, 5.74) is 4.86. The first-order valence-electron chi connectivity index (χ1n) is 6.56. The summed E-state index contributed by atoms with van der Waals surface area (Å²) in [5.74, 6) is 1.15. The van der Waals surface area contributed by atoms with Crippen molar-refractivity contribution in [2.75, 3.05) is 0 Å². The molecule has 96 valence electrons. The van der Waals surface area contributed by atoms with Gasteiger partial charge in [0, 0.05) is 35.8 Å². The molecule has 0 amide bonds. The molecule has 18 heavy (non-hydrogen) atoms. The van der Waals surface area contributed by atoms with Crippen molar-refractivity contribution in [2.45, 2.75) is 45.7 Å². The lowest BCUT2D eigenvalue weighted by Gasteiger charge is -2.22. The number of furan rings is 1. The Morgan fingerprint density at radius 2 is 2.39 bits per heavy atom. The van der Waals surface area contributed by atoms with Crippen molar-refractivity contribution in [3.05, 3.63) is 40.6 Å². The summed E-state index contributed by atoms with van der Waals surface area (Å²) in [6.07, 6.45) is 5.26. The maximum Gasteiger partial charge on any atom is 0.108 e. The van der Waals surface area contributed by atoms with Gasteiger partial charge in [-0.2, -0.15) is 5.10 Å². The van der Waals surface area contributed by atoms with E-state index in [1.165, 1.54) is 24.0 Å². The number of nitrogens with one attached hydrogen (secondary N) is 2. The lowest BCUT2D eigenvalue weighted by atomic mass is 9.93. The smallest absolute Gasteiger partial charge is 0.108 e. The van der Waals surface area contributed by atoms with E-state index in [4.69, 9.17) is 4.42 Å². The van der Waals surface area contributed by atoms with E-state index in [0.29, 0.717) is 6.04 Å². The van der Waals surface area contributed by atoms with Crippen molar-refractivity contribution in [1.29, 1.82) is 0 Å². The fourth-order valence-electron chi connectivity index (χ4n) is 2.76. The van der Waals surface area contributed by atoms with E-state index in [1.807, 2.05) is 6.92 Å². The van der Waals surface area contributed by atoms with Crippen LogP contribution < -0.4 is 5.32 Å². The third kappa shape index (κ3) is 1.97. The Bertz CT molecular complexity index is 521. The molecular formula is C14H19N3O. The van der Waals surface area contributed by atoms with E-state index in [2.05, 4.69) is 28.5 Å². The van der Waals surface area contributed by atoms with Crippen molar-refractivity contribution in [3.8, 4) is 0 Å². The molecule has 4 nitrogen and oxygen atoms in total. The van der Waals surface area contributed by atoms with Crippen molar-refractivity contribution in [3.63, 3.8) is 0 Å². The first kappa shape index (κ1) is 11.5. The highest BCUT2D eigenvalue weighted by molar-refractivity contribution is 5.26. The van der Waals surface area contributed by atoms with E-state index < -0.39 is 0 Å². The van der Waals surface area contributed by atoms with Gasteiger partial charge in [-0.05, 0) is 32.8 Å². The summed E-state index contributed by atoms with van der Waals surface area (Å²) >= 11 is 0. The zero-order chi connectivity index (χ0) is 12.5. The van der Waals surface area contributed by atoms with Crippen molar-refractivity contribution < 1.29 is 4.42 Å². The van der Waals surface area contributed by atoms with Gasteiger partial charge in [0.1, 0.15) is 5.76 Å². The van der Waals surface area contributed by atoms with E-state index in [-0.39, 0.29) is 0 Å². The zero-order valence-electron chi connectivity index (χ0n) is 10.9. The largest absolute Gasteiger partial charge is 0.469 e. The highest BCUT2D eigenvalue weighted by Gasteiger charge is 2.22. The second-order valence-corrected chi connectivity index (χ2v) is 5.04. The molecule has 0 aliphatic heterocycles. The van der Waals surface area contributed by atoms with Crippen LogP contribution in [0.3, 0.4) is 0 Å². The van der Waals surface area contributed by atoms with Crippen LogP contribution in [0.2, 0.25) is 0 Å². The number of nitrogens with zero attached hydrogens (tertiary/aromatic N) is 1. The molecular weight excluding hydrogens is 226 g/mol. The van der Waals surface area contributed by atoms with Gasteiger partial charge in [-0.3, -0.25) is 5.10 Å². The molecule has 2 heterocycles. The van der Waals surface area contributed by atoms with Crippen LogP contribution in [0.25, 0.3) is 0 Å². The van der Waals surface area contributed by atoms with Crippen LogP contribution in [0.1, 0.15) is 47.2 Å². The highest BCUT2D eigenvalue weighted by atomic mass is 16.3. The molecule has 4 heteroatoms. The molecule has 3 rings (SSSR count). The number of rotatable bonds is 3. The first-order chi connectivity index (χ1) is 8.75. The average molecular weight is 245 g/mol. The van der Waals surface area contributed by atoms with Gasteiger partial charge in [0.15, 0.2) is 0 Å². The number of aryl methyl sites for hydroxylation is 3. The minimum Gasteiger partial charge on any atom is -0.469 e. The summed E-state index contributed by atoms with van der Waals surface area (Å²) in [6, 6.07) is 2.52. The van der Waals surface area contributed by atoms with Crippen molar-refractivity contribution >= 4 is 0 Å². The standard InChI is InChI=1S/C14H19N3O/c1-9-12(10(2)17-16-9)8-15-13-4-3-5-14-11(13)6-7-18-14/h6-7,13,15H,3-5,8H2,1-2H3,(H,16,17). The number of aromatic nitrogens is 2. The van der Waals surface area contributed by atoms with Gasteiger partial charge in [-0.15, -0.1) is 0 Å². The van der Waals surface area contributed by atoms with Crippen LogP contribution >= 0.6 is 0 Å². The number of aromatic amines is 1. The van der Waals surface area contributed by atoms with E-state index in [9.17, 15) is 0 Å². The Morgan fingerprint density at radius 1 is 1.50 bits per heavy atom. The third-order valence-corrected chi connectivity index (χ3v) is 3.86. The van der Waals surface area contributed by atoms with Crippen molar-refractivity contribution in [2.24, 2.45) is 0 Å². The second kappa shape index (κ2) is 4.61. The Morgan fingerprint density at radius 3 is 3.17 bits per heavy atom. The summed E-state index contributed by atoms with van der Waals surface area (Å²) in [5, 5.41) is 10.9. The van der Waals surface area contributed by atoms with Gasteiger partial charge < -0.3 is 9.73 Å². The van der Waals surface area contributed by atoms with E-state index in [1.54, 1.807) is 6.26 Å². The minimum atomic E-state index is 0.418. The molecule has 0 saturated carbocycles. The molecule has 1 unspecified atom stereocenters. The number of H-pyrrole nitrogens is 1. The predicted octanol–water partition coefficient (Wildman–Crippen LogP) is 2.79. The molecule has 1 atom stereocenters. The van der Waals surface area contributed by atoms with Crippen molar-refractivity contribution in [1.82, 2.24) is 15.5 Å². The highest BCUT2D eigenvalue weighted by Crippen LogP contribution is 2.30. The Hall–Kier alpha value is -1.55. The topological polar surface area (TPSA) is 53.9 Å². The molecule has 1 aliphatic carbocycles. The molecule has 0 fully saturated rings. The summed E-state index contributed by atoms with van der Waals surface area (Å²) < 4.78 is 5.51. The Kier molecular flexibility index (Phi) is 2.96. The molecule has 0 saturated heterocycles. The molecule has 0 aromatic carbocycles. The molecule has 2 N–H and O–H groups in total. The van der Waals surface area contributed by atoms with Crippen LogP contribution in [0.15, 0.2) is 16.7 Å². The van der Waals surface area contributed by atoms with Gasteiger partial charge in [-0.25, -0.2) is 0 Å². The average Bonchev–Trinajstić information content (AvgIpc) is 2.95. The van der Waals surface area contributed by atoms with Gasteiger partial charge in [0.2, 0.25) is 0 Å². The predicted molar refractivity (Wildman–Crippen MR) is 69.3 cm³/mol. The van der Waals surface area contributed by atoms with Gasteiger partial charge in [-0.1, -0.05) is 0 Å². The molecule has 2 aromatic heterocycles. The Balaban J connectivity index is 1.72. The van der Waals surface area contributed by atoms with Crippen LogP contribution in [0, 0.1) is 13.8 Å². The maximum atomic E-state index is 5.51. The molecule has 1 aliphatic rings. The monoisotopic (exact) mass is 245 g/mol. The first-order valence-corrected chi connectivity index (χ1v) is 6.56. The van der Waals surface area contributed by atoms with Gasteiger partial charge in [0.05, 0.1) is 12.0 Å². The number of hydrogen-bond acceptors (Lipinski definition) is 3. The minimum absolute atomic E-state index is 0.418. The maximum absolute atomic E-state index is 5.51. The second-order valence-electron chi connectivity index (χ2n) is 5.04. The lowest BCUT2D eigenvalue weighted by molar-refractivity contribution is 0.410. The number of hydrogen-bond donors (Lipinski definition) is 2. The van der Waals surface area contributed by atoms with Crippen LogP contribution in [-0.2, 0) is 13.0 Å². The fraction of sp³-hybridized carbons (Fsp3) is 0.500. The molecule has 2 aromatic rings. The van der Waals surface area contributed by atoms with Crippen LogP contribution in [-0.4, -0.2) is 10.2 Å². The Labute approximate surface area is 107 Å². The van der Waals surface area contributed by atoms with Gasteiger partial charge >= 0.3 is 0 Å². The quantitative estimate of drug-likeness (QED) is 0.874. The number of fused-ring (bicyclic) bond motifs is 1. The summed E-state index contributed by atoms with van der Waals surface area (Å²) in [6.45, 7) is 4.98. The molecule has 0 radical (unpaired) electrons. The third-order valence-electron chi connectivity index (χ3n) is 3.86. The lowest BCUT2D eigenvalue weighted by Crippen LogP contribution is -2.24. The van der Waals surface area contributed by atoms with E-state index in [0.717, 1.165) is 30.1 Å². The summed E-state index contributed by atoms with van der Waals surface area (Å²) in [7, 11) is 0. The zero-order valence-corrected chi connectivity index (χ0v) is 10.9. The van der Waals surface area contributed by atoms with Gasteiger partial charge in [0.25, 0.3) is 0 Å². The summed E-state index contributed by atoms with van der Waals surface area (Å²) in [4.78, 5) is 0. The fourth-order valence-corrected chi connectivity index (χ4v) is 2.76. The molecule has 0 bridgehead atoms. The van der Waals surface area contributed by atoms with Crippen LogP contribution in [0.5, 0.6) is 0 Å². The van der Waals surface area contributed by atoms with Crippen LogP contribution in [0.4, 0.5) is 0 Å². The SMILES string of the molecule is Cc1n[nH]c(C)c1CNC1CCCc2occc21. The normalized spacial score (nSPS) is 18.9. The van der Waals surface area contributed by atoms with E-state index >= 15 is 0 Å². The molecule has 0 spiro atoms.